The van der Waals surface area contributed by atoms with E-state index in [1.807, 2.05) is 0 Å². The van der Waals surface area contributed by atoms with Crippen LogP contribution in [0.5, 0.6) is 0 Å². The van der Waals surface area contributed by atoms with Crippen LogP contribution in [0.15, 0.2) is 229 Å². The number of hydrogen-bond donors (Lipinski definition) is 0. The maximum Gasteiger partial charge on any atom is 0.248 e. The zero-order chi connectivity index (χ0) is 47.1. The lowest BCUT2D eigenvalue weighted by atomic mass is 9.70. The van der Waals surface area contributed by atoms with Gasteiger partial charge in [-0.25, -0.2) is 0 Å². The van der Waals surface area contributed by atoms with Crippen molar-refractivity contribution in [1.29, 1.82) is 0 Å². The van der Waals surface area contributed by atoms with E-state index in [0.717, 1.165) is 45.3 Å². The quantitative estimate of drug-likeness (QED) is 0.142. The van der Waals surface area contributed by atoms with Crippen LogP contribution in [0.4, 0.5) is 34.1 Å². The molecule has 1 spiro atoms. The van der Waals surface area contributed by atoms with Gasteiger partial charge in [0.1, 0.15) is 0 Å². The van der Waals surface area contributed by atoms with Crippen molar-refractivity contribution in [3.63, 3.8) is 0 Å². The lowest BCUT2D eigenvalue weighted by Crippen LogP contribution is -2.26. The van der Waals surface area contributed by atoms with Gasteiger partial charge in [-0.05, 0) is 153 Å². The minimum absolute atomic E-state index is 0.0399. The summed E-state index contributed by atoms with van der Waals surface area (Å²) < 4.78 is 6.57. The van der Waals surface area contributed by atoms with E-state index in [-0.39, 0.29) is 10.8 Å². The van der Waals surface area contributed by atoms with E-state index in [1.54, 1.807) is 0 Å². The highest BCUT2D eigenvalue weighted by molar-refractivity contribution is 6.40. The molecule has 0 amide bonds. The first kappa shape index (κ1) is 43.8. The zero-order valence-electron chi connectivity index (χ0n) is 38.5. The minimum Gasteiger partial charge on any atom is -0.416 e. The Morgan fingerprint density at radius 3 is 1.20 bits per heavy atom. The molecule has 336 valence electrons. The molecule has 1 heterocycles. The van der Waals surface area contributed by atoms with Gasteiger partial charge in [0.05, 0.1) is 10.8 Å². The van der Waals surface area contributed by atoms with E-state index in [9.17, 15) is 0 Å². The first-order valence-corrected chi connectivity index (χ1v) is 24.3. The molecule has 0 saturated heterocycles. The van der Waals surface area contributed by atoms with Crippen LogP contribution >= 0.6 is 23.2 Å². The number of aromatic nitrogens is 2. The Morgan fingerprint density at radius 2 is 0.754 bits per heavy atom. The van der Waals surface area contributed by atoms with Crippen molar-refractivity contribution in [1.82, 2.24) is 10.2 Å². The second-order valence-corrected chi connectivity index (χ2v) is 19.2. The summed E-state index contributed by atoms with van der Waals surface area (Å²) in [5, 5.41) is 9.48. The standard InChI is InChI=1S/C61H46N4O.CH2Cl2/c1-60(2,3)43-31-28-41(29-32-43)58-62-63-59(66-58)42-30-35-51-50-26-16-17-27-54(50)61(55(51)38-42)56-39-48(64(44-18-8-4-9-19-44)45-20-10-5-11-21-45)33-36-52(56)53-37-34-49(40-57(53)61)65(46-22-12-6-13-23-46)47-24-14-7-15-25-47;2-1-3/h4-40H,1-3H3;1H2. The summed E-state index contributed by atoms with van der Waals surface area (Å²) in [6.45, 7) is 6.67. The lowest BCUT2D eigenvalue weighted by molar-refractivity contribution is 0.582. The summed E-state index contributed by atoms with van der Waals surface area (Å²) in [6, 6.07) is 80.9. The summed E-state index contributed by atoms with van der Waals surface area (Å²) in [4.78, 5) is 4.72. The Kier molecular flexibility index (Phi) is 11.5. The molecule has 0 saturated carbocycles. The number of anilines is 6. The largest absolute Gasteiger partial charge is 0.416 e. The van der Waals surface area contributed by atoms with Crippen molar-refractivity contribution in [2.24, 2.45) is 0 Å². The van der Waals surface area contributed by atoms with Crippen molar-refractivity contribution in [3.8, 4) is 45.2 Å². The molecule has 10 aromatic rings. The highest BCUT2D eigenvalue weighted by atomic mass is 35.5. The number of halogens is 2. The van der Waals surface area contributed by atoms with Crippen LogP contribution in [-0.4, -0.2) is 15.5 Å². The highest BCUT2D eigenvalue weighted by Gasteiger charge is 2.52. The smallest absolute Gasteiger partial charge is 0.248 e. The van der Waals surface area contributed by atoms with Crippen LogP contribution in [0, 0.1) is 0 Å². The number of hydrogen-bond acceptors (Lipinski definition) is 5. The van der Waals surface area contributed by atoms with Crippen molar-refractivity contribution >= 4 is 57.3 Å². The van der Waals surface area contributed by atoms with Gasteiger partial charge in [0.2, 0.25) is 11.8 Å². The predicted octanol–water partition coefficient (Wildman–Crippen LogP) is 17.4. The number of benzene rings is 9. The molecule has 0 unspecified atom stereocenters. The van der Waals surface area contributed by atoms with Crippen LogP contribution in [0.25, 0.3) is 45.2 Å². The molecule has 12 rings (SSSR count). The molecular weight excluding hydrogens is 888 g/mol. The maximum absolute atomic E-state index is 6.57. The minimum atomic E-state index is -0.706. The average Bonchev–Trinajstić information content (AvgIpc) is 4.08. The van der Waals surface area contributed by atoms with E-state index in [1.165, 1.54) is 50.1 Å². The summed E-state index contributed by atoms with van der Waals surface area (Å²) in [5.41, 5.74) is 18.6. The van der Waals surface area contributed by atoms with Gasteiger partial charge in [-0.1, -0.05) is 148 Å². The molecule has 0 radical (unpaired) electrons. The molecular formula is C62H48Cl2N4O. The topological polar surface area (TPSA) is 45.4 Å². The van der Waals surface area contributed by atoms with Gasteiger partial charge in [0.25, 0.3) is 0 Å². The number of nitrogens with zero attached hydrogens (tertiary/aromatic N) is 4. The maximum atomic E-state index is 6.57. The molecule has 0 bridgehead atoms. The molecule has 5 nitrogen and oxygen atoms in total. The van der Waals surface area contributed by atoms with E-state index < -0.39 is 5.41 Å². The fraction of sp³-hybridized carbons (Fsp3) is 0.0968. The normalized spacial score (nSPS) is 12.6. The average molecular weight is 936 g/mol. The Bertz CT molecular complexity index is 3210. The summed E-state index contributed by atoms with van der Waals surface area (Å²) in [5.74, 6) is 0.983. The Balaban J connectivity index is 0.00000169. The number of fused-ring (bicyclic) bond motifs is 10. The molecule has 0 fully saturated rings. The molecule has 2 aliphatic carbocycles. The fourth-order valence-electron chi connectivity index (χ4n) is 10.3. The first-order valence-electron chi connectivity index (χ1n) is 23.2. The van der Waals surface area contributed by atoms with Crippen molar-refractivity contribution in [2.45, 2.75) is 31.6 Å². The van der Waals surface area contributed by atoms with Gasteiger partial charge in [0, 0.05) is 45.3 Å². The van der Waals surface area contributed by atoms with Gasteiger partial charge in [-0.3, -0.25) is 0 Å². The van der Waals surface area contributed by atoms with Gasteiger partial charge < -0.3 is 14.2 Å². The van der Waals surface area contributed by atoms with E-state index in [2.05, 4.69) is 260 Å². The zero-order valence-corrected chi connectivity index (χ0v) is 40.0. The van der Waals surface area contributed by atoms with E-state index >= 15 is 0 Å². The van der Waals surface area contributed by atoms with Crippen LogP contribution in [-0.2, 0) is 10.8 Å². The van der Waals surface area contributed by atoms with Gasteiger partial charge in [-0.15, -0.1) is 33.4 Å². The third-order valence-electron chi connectivity index (χ3n) is 13.4. The summed E-state index contributed by atoms with van der Waals surface area (Å²) in [7, 11) is 0. The van der Waals surface area contributed by atoms with Crippen LogP contribution < -0.4 is 9.80 Å². The third kappa shape index (κ3) is 7.69. The SMILES string of the molecule is CC(C)(C)c1ccc(-c2nnc(-c3ccc4c(c3)C3(c5ccccc5-4)c4cc(N(c5ccccc5)c5ccccc5)ccc4-c4ccc(N(c5ccccc5)c5ccccc5)cc43)o2)cc1.ClCCl. The Morgan fingerprint density at radius 1 is 0.391 bits per heavy atom. The van der Waals surface area contributed by atoms with Gasteiger partial charge in [-0.2, -0.15) is 0 Å². The Labute approximate surface area is 413 Å². The number of para-hydroxylation sites is 4. The van der Waals surface area contributed by atoms with Crippen molar-refractivity contribution in [2.75, 3.05) is 15.1 Å². The summed E-state index contributed by atoms with van der Waals surface area (Å²) in [6.07, 6.45) is 0. The molecule has 1 aromatic heterocycles. The Hall–Kier alpha value is -7.70. The van der Waals surface area contributed by atoms with Crippen LogP contribution in [0.3, 0.4) is 0 Å². The molecule has 69 heavy (non-hydrogen) atoms. The van der Waals surface area contributed by atoms with Gasteiger partial charge >= 0.3 is 0 Å². The molecule has 2 aliphatic rings. The van der Waals surface area contributed by atoms with Crippen LogP contribution in [0.1, 0.15) is 48.6 Å². The van der Waals surface area contributed by atoms with Crippen LogP contribution in [0.2, 0.25) is 0 Å². The van der Waals surface area contributed by atoms with E-state index in [4.69, 9.17) is 32.7 Å². The van der Waals surface area contributed by atoms with E-state index in [0.29, 0.717) is 11.8 Å². The third-order valence-corrected chi connectivity index (χ3v) is 13.4. The predicted molar refractivity (Wildman–Crippen MR) is 286 cm³/mol. The first-order chi connectivity index (χ1) is 33.8. The fourth-order valence-corrected chi connectivity index (χ4v) is 10.3. The van der Waals surface area contributed by atoms with Gasteiger partial charge in [0.15, 0.2) is 0 Å². The highest BCUT2D eigenvalue weighted by Crippen LogP contribution is 2.64. The van der Waals surface area contributed by atoms with Crippen molar-refractivity contribution in [3.05, 3.63) is 252 Å². The molecule has 0 aliphatic heterocycles. The summed E-state index contributed by atoms with van der Waals surface area (Å²) >= 11 is 9.53. The molecule has 7 heteroatoms. The molecule has 0 N–H and O–H groups in total. The number of alkyl halides is 2. The number of rotatable bonds is 8. The molecule has 0 atom stereocenters. The second-order valence-electron chi connectivity index (χ2n) is 18.4. The monoisotopic (exact) mass is 934 g/mol. The van der Waals surface area contributed by atoms with Crippen molar-refractivity contribution < 1.29 is 4.42 Å². The second kappa shape index (κ2) is 18.1. The molecule has 9 aromatic carbocycles. The lowest BCUT2D eigenvalue weighted by Gasteiger charge is -2.33.